The Morgan fingerprint density at radius 2 is 1.73 bits per heavy atom. The number of nitrogens with zero attached hydrogens (tertiary/aromatic N) is 2. The summed E-state index contributed by atoms with van der Waals surface area (Å²) < 4.78 is 0.790. The fraction of sp³-hybridized carbons (Fsp3) is 0.370. The number of carbonyl (C=O) groups excluding carboxylic acids is 3. The topological polar surface area (TPSA) is 103 Å². The van der Waals surface area contributed by atoms with Gasteiger partial charge in [-0.2, -0.15) is 0 Å². The average Bonchev–Trinajstić information content (AvgIpc) is 2.85. The second-order valence-corrected chi connectivity index (χ2v) is 10.8. The minimum Gasteiger partial charge on any atom is -0.385 e. The van der Waals surface area contributed by atoms with E-state index in [1.165, 1.54) is 17.3 Å². The number of rotatable bonds is 10. The number of pyridine rings is 1. The maximum absolute atomic E-state index is 13.7. The van der Waals surface area contributed by atoms with E-state index < -0.39 is 11.7 Å². The zero-order chi connectivity index (χ0) is 27.1. The molecule has 0 unspecified atom stereocenters. The van der Waals surface area contributed by atoms with E-state index in [1.807, 2.05) is 24.3 Å². The van der Waals surface area contributed by atoms with Crippen molar-refractivity contribution in [3.05, 3.63) is 73.6 Å². The van der Waals surface area contributed by atoms with Crippen LogP contribution in [0.3, 0.4) is 0 Å². The largest absolute Gasteiger partial charge is 0.385 e. The average molecular weight is 608 g/mol. The highest BCUT2D eigenvalue weighted by Gasteiger charge is 2.27. The molecule has 2 aromatic rings. The highest BCUT2D eigenvalue weighted by molar-refractivity contribution is 9.10. The lowest BCUT2D eigenvalue weighted by atomic mass is 9.84. The van der Waals surface area contributed by atoms with Crippen molar-refractivity contribution in [3.63, 3.8) is 0 Å². The number of ketones is 2. The van der Waals surface area contributed by atoms with E-state index in [-0.39, 0.29) is 52.0 Å². The van der Waals surface area contributed by atoms with Gasteiger partial charge in [0.25, 0.3) is 5.91 Å². The van der Waals surface area contributed by atoms with Gasteiger partial charge in [0.1, 0.15) is 5.78 Å². The Morgan fingerprint density at radius 3 is 2.30 bits per heavy atom. The Hall–Kier alpha value is -2.55. The summed E-state index contributed by atoms with van der Waals surface area (Å²) in [5.41, 5.74) is 1.60. The summed E-state index contributed by atoms with van der Waals surface area (Å²) in [6.07, 6.45) is 6.87. The third-order valence-corrected chi connectivity index (χ3v) is 7.92. The van der Waals surface area contributed by atoms with Gasteiger partial charge >= 0.3 is 0 Å². The first kappa shape index (κ1) is 29.0. The quantitative estimate of drug-likeness (QED) is 0.195. The number of halogens is 3. The van der Waals surface area contributed by atoms with Crippen molar-refractivity contribution in [1.29, 1.82) is 5.41 Å². The van der Waals surface area contributed by atoms with E-state index in [1.54, 1.807) is 13.8 Å². The molecule has 1 fully saturated rings. The second-order valence-electron chi connectivity index (χ2n) is 9.14. The molecule has 0 saturated heterocycles. The maximum atomic E-state index is 13.7. The third-order valence-electron chi connectivity index (χ3n) is 6.57. The first-order valence-electron chi connectivity index (χ1n) is 12.0. The lowest BCUT2D eigenvalue weighted by Gasteiger charge is -2.30. The van der Waals surface area contributed by atoms with Gasteiger partial charge < -0.3 is 15.6 Å². The van der Waals surface area contributed by atoms with Crippen LogP contribution >= 0.6 is 39.1 Å². The molecule has 196 valence electrons. The number of Topliss-reactive ketones (excluding diaryl/α,β-unsaturated/α-hetero) is 2. The zero-order valence-corrected chi connectivity index (χ0v) is 23.8. The van der Waals surface area contributed by atoms with Gasteiger partial charge in [0.15, 0.2) is 5.78 Å². The summed E-state index contributed by atoms with van der Waals surface area (Å²) in [4.78, 5) is 43.9. The number of carbonyl (C=O) groups is 3. The molecule has 37 heavy (non-hydrogen) atoms. The summed E-state index contributed by atoms with van der Waals surface area (Å²) in [5.74, 6) is -0.607. The van der Waals surface area contributed by atoms with Crippen LogP contribution in [0.1, 0.15) is 55.5 Å². The third kappa shape index (κ3) is 7.49. The molecule has 1 aromatic carbocycles. The molecule has 1 aliphatic carbocycles. The van der Waals surface area contributed by atoms with E-state index in [2.05, 4.69) is 26.2 Å². The second kappa shape index (κ2) is 13.3. The van der Waals surface area contributed by atoms with Crippen LogP contribution in [-0.4, -0.2) is 46.2 Å². The highest BCUT2D eigenvalue weighted by atomic mass is 79.9. The van der Waals surface area contributed by atoms with Gasteiger partial charge in [-0.25, -0.2) is 0 Å². The number of allylic oxidation sites excluding steroid dienone is 1. The molecule has 1 saturated carbocycles. The summed E-state index contributed by atoms with van der Waals surface area (Å²) >= 11 is 15.9. The van der Waals surface area contributed by atoms with E-state index in [0.29, 0.717) is 5.70 Å². The lowest BCUT2D eigenvalue weighted by Crippen LogP contribution is -2.39. The molecule has 1 aliphatic rings. The molecule has 0 radical (unpaired) electrons. The summed E-state index contributed by atoms with van der Waals surface area (Å²) in [6.45, 7) is 3.21. The Bertz CT molecular complexity index is 1210. The summed E-state index contributed by atoms with van der Waals surface area (Å²) in [6, 6.07) is 7.52. The zero-order valence-electron chi connectivity index (χ0n) is 20.7. The molecule has 0 atom stereocenters. The van der Waals surface area contributed by atoms with Crippen molar-refractivity contribution in [2.75, 3.05) is 6.54 Å². The van der Waals surface area contributed by atoms with Gasteiger partial charge in [-0.1, -0.05) is 57.3 Å². The SMILES string of the molecule is C/C(N[C@H]1CC[C@H](C(C)=O)CC1)=C(/C=N)C(=O)N(CC(=O)c1c(Cl)cncc1Cl)Cc1ccccc1Br. The van der Waals surface area contributed by atoms with Crippen LogP contribution in [0.2, 0.25) is 10.0 Å². The number of amides is 1. The molecule has 0 spiro atoms. The van der Waals surface area contributed by atoms with E-state index in [9.17, 15) is 14.4 Å². The Kier molecular flexibility index (Phi) is 10.4. The molecule has 0 bridgehead atoms. The molecule has 2 N–H and O–H groups in total. The molecule has 0 aliphatic heterocycles. The van der Waals surface area contributed by atoms with Crippen LogP contribution in [0, 0.1) is 11.3 Å². The summed E-state index contributed by atoms with van der Waals surface area (Å²) in [7, 11) is 0. The van der Waals surface area contributed by atoms with E-state index in [0.717, 1.165) is 41.9 Å². The number of benzene rings is 1. The fourth-order valence-electron chi connectivity index (χ4n) is 4.49. The lowest BCUT2D eigenvalue weighted by molar-refractivity contribution is -0.126. The molecule has 3 rings (SSSR count). The summed E-state index contributed by atoms with van der Waals surface area (Å²) in [5, 5.41) is 11.6. The molecular weight excluding hydrogens is 579 g/mol. The Morgan fingerprint density at radius 1 is 1.11 bits per heavy atom. The van der Waals surface area contributed by atoms with Crippen molar-refractivity contribution in [2.45, 2.75) is 52.1 Å². The smallest absolute Gasteiger partial charge is 0.257 e. The first-order valence-corrected chi connectivity index (χ1v) is 13.5. The Labute approximate surface area is 235 Å². The first-order chi connectivity index (χ1) is 17.6. The van der Waals surface area contributed by atoms with Crippen molar-refractivity contribution in [1.82, 2.24) is 15.2 Å². The van der Waals surface area contributed by atoms with Crippen molar-refractivity contribution in [3.8, 4) is 0 Å². The van der Waals surface area contributed by atoms with Gasteiger partial charge in [0.05, 0.1) is 27.7 Å². The van der Waals surface area contributed by atoms with E-state index in [4.69, 9.17) is 28.6 Å². The van der Waals surface area contributed by atoms with Crippen LogP contribution in [0.15, 0.2) is 52.4 Å². The maximum Gasteiger partial charge on any atom is 0.257 e. The van der Waals surface area contributed by atoms with Gasteiger partial charge in [-0.3, -0.25) is 19.4 Å². The molecule has 1 heterocycles. The van der Waals surface area contributed by atoms with Crippen LogP contribution < -0.4 is 5.32 Å². The van der Waals surface area contributed by atoms with Crippen LogP contribution in [0.25, 0.3) is 0 Å². The highest BCUT2D eigenvalue weighted by Crippen LogP contribution is 2.27. The van der Waals surface area contributed by atoms with Crippen molar-refractivity contribution < 1.29 is 14.4 Å². The minimum absolute atomic E-state index is 0.0869. The van der Waals surface area contributed by atoms with Crippen LogP contribution in [0.5, 0.6) is 0 Å². The predicted octanol–water partition coefficient (Wildman–Crippen LogP) is 6.02. The molecule has 1 amide bonds. The van der Waals surface area contributed by atoms with Crippen LogP contribution in [0.4, 0.5) is 0 Å². The predicted molar refractivity (Wildman–Crippen MR) is 149 cm³/mol. The normalized spacial score (nSPS) is 18.0. The number of hydrogen-bond acceptors (Lipinski definition) is 6. The van der Waals surface area contributed by atoms with Gasteiger partial charge in [-0.05, 0) is 51.2 Å². The van der Waals surface area contributed by atoms with Gasteiger partial charge in [-0.15, -0.1) is 0 Å². The molecular formula is C27H29BrCl2N4O3. The number of nitrogens with one attached hydrogen (secondary N) is 2. The van der Waals surface area contributed by atoms with Crippen LogP contribution in [-0.2, 0) is 16.1 Å². The number of aromatic nitrogens is 1. The van der Waals surface area contributed by atoms with Gasteiger partial charge in [0, 0.05) is 47.3 Å². The fourth-order valence-corrected chi connectivity index (χ4v) is 5.48. The standard InChI is InChI=1S/C27H29BrCl2N4O3/c1-16(33-20-9-7-18(8-10-20)17(2)35)21(11-31)27(37)34(14-19-5-3-4-6-22(19)28)15-25(36)26-23(29)12-32-13-24(26)30/h3-6,11-13,18,20,31,33H,7-10,14-15H2,1-2H3/b21-16+,31-11?/t18-,20-. The number of hydrogen-bond donors (Lipinski definition) is 2. The molecule has 7 nitrogen and oxygen atoms in total. The van der Waals surface area contributed by atoms with Gasteiger partial charge in [0.2, 0.25) is 0 Å². The van der Waals surface area contributed by atoms with Crippen molar-refractivity contribution >= 4 is 62.8 Å². The monoisotopic (exact) mass is 606 g/mol. The minimum atomic E-state index is -0.470. The molecule has 10 heteroatoms. The molecule has 1 aromatic heterocycles. The van der Waals surface area contributed by atoms with Crippen molar-refractivity contribution in [2.24, 2.45) is 5.92 Å². The Balaban J connectivity index is 1.87. The van der Waals surface area contributed by atoms with E-state index >= 15 is 0 Å².